The molecule has 2 heterocycles. The van der Waals surface area contributed by atoms with E-state index >= 15 is 0 Å². The van der Waals surface area contributed by atoms with Crippen LogP contribution in [0.2, 0.25) is 0 Å². The van der Waals surface area contributed by atoms with Crippen molar-refractivity contribution in [2.24, 2.45) is 0 Å². The summed E-state index contributed by atoms with van der Waals surface area (Å²) < 4.78 is 26.9. The van der Waals surface area contributed by atoms with Gasteiger partial charge in [0.15, 0.2) is 0 Å². The summed E-state index contributed by atoms with van der Waals surface area (Å²) in [5.41, 5.74) is 0.446. The largest absolute Gasteiger partial charge is 0.307 e. The smallest absolute Gasteiger partial charge is 0.280 e. The highest BCUT2D eigenvalue weighted by atomic mass is 32.1. The minimum atomic E-state index is -2.54. The van der Waals surface area contributed by atoms with Crippen LogP contribution in [-0.4, -0.2) is 9.55 Å². The third kappa shape index (κ3) is 2.14. The maximum absolute atomic E-state index is 12.3. The Morgan fingerprint density at radius 2 is 2.00 bits per heavy atom. The van der Waals surface area contributed by atoms with Gasteiger partial charge in [0.2, 0.25) is 0 Å². The fourth-order valence-electron chi connectivity index (χ4n) is 1.31. The summed E-state index contributed by atoms with van der Waals surface area (Å²) in [6, 6.07) is 8.27. The van der Waals surface area contributed by atoms with Crippen molar-refractivity contribution in [3.05, 3.63) is 53.1 Å². The van der Waals surface area contributed by atoms with Gasteiger partial charge in [0.25, 0.3) is 6.43 Å². The number of nitrogens with zero attached hydrogens (tertiary/aromatic N) is 2. The Hall–Kier alpha value is -1.62. The van der Waals surface area contributed by atoms with Crippen molar-refractivity contribution in [3.63, 3.8) is 0 Å². The van der Waals surface area contributed by atoms with E-state index in [9.17, 15) is 8.78 Å². The monoisotopic (exact) mass is 238 g/mol. The third-order valence-corrected chi connectivity index (χ3v) is 2.43. The molecular weight excluding hydrogens is 230 g/mol. The molecule has 2 rings (SSSR count). The first-order valence-electron chi connectivity index (χ1n) is 4.60. The second-order valence-electron chi connectivity index (χ2n) is 3.15. The van der Waals surface area contributed by atoms with Crippen molar-refractivity contribution in [1.29, 1.82) is 0 Å². The van der Waals surface area contributed by atoms with Crippen molar-refractivity contribution in [2.75, 3.05) is 0 Å². The number of aromatic nitrogens is 2. The molecule has 2 aromatic heterocycles. The Morgan fingerprint density at radius 3 is 2.56 bits per heavy atom. The molecular formula is C11H8F2N2S. The average Bonchev–Trinajstić information content (AvgIpc) is 2.30. The van der Waals surface area contributed by atoms with E-state index in [0.717, 1.165) is 0 Å². The maximum atomic E-state index is 12.3. The van der Waals surface area contributed by atoms with Gasteiger partial charge in [-0.15, -0.1) is 0 Å². The molecule has 2 aromatic rings. The number of hydrogen-bond acceptors (Lipinski definition) is 2. The Labute approximate surface area is 96.2 Å². The summed E-state index contributed by atoms with van der Waals surface area (Å²) >= 11 is 5.11. The SMILES string of the molecule is FC(F)c1ccc(-n2ccccc2=S)cn1. The normalized spacial score (nSPS) is 10.7. The van der Waals surface area contributed by atoms with E-state index in [-0.39, 0.29) is 5.69 Å². The summed E-state index contributed by atoms with van der Waals surface area (Å²) in [5.74, 6) is 0. The predicted molar refractivity (Wildman–Crippen MR) is 59.4 cm³/mol. The zero-order valence-corrected chi connectivity index (χ0v) is 8.99. The van der Waals surface area contributed by atoms with Gasteiger partial charge in [0, 0.05) is 6.20 Å². The number of alkyl halides is 2. The lowest BCUT2D eigenvalue weighted by atomic mass is 10.3. The van der Waals surface area contributed by atoms with Crippen molar-refractivity contribution >= 4 is 12.2 Å². The molecule has 0 fully saturated rings. The van der Waals surface area contributed by atoms with E-state index in [1.807, 2.05) is 12.1 Å². The highest BCUT2D eigenvalue weighted by Gasteiger charge is 2.07. The quantitative estimate of drug-likeness (QED) is 0.745. The zero-order valence-electron chi connectivity index (χ0n) is 8.18. The first kappa shape index (κ1) is 10.9. The molecule has 5 heteroatoms. The zero-order chi connectivity index (χ0) is 11.5. The Kier molecular flexibility index (Phi) is 3.05. The lowest BCUT2D eigenvalue weighted by Gasteiger charge is -2.06. The number of pyridine rings is 2. The fraction of sp³-hybridized carbons (Fsp3) is 0.0909. The van der Waals surface area contributed by atoms with E-state index in [0.29, 0.717) is 10.3 Å². The van der Waals surface area contributed by atoms with Crippen LogP contribution in [0.15, 0.2) is 42.7 Å². The van der Waals surface area contributed by atoms with Crippen LogP contribution in [0, 0.1) is 4.64 Å². The predicted octanol–water partition coefficient (Wildman–Crippen LogP) is 3.54. The molecule has 82 valence electrons. The fourth-order valence-corrected chi connectivity index (χ4v) is 1.55. The summed E-state index contributed by atoms with van der Waals surface area (Å²) in [7, 11) is 0. The van der Waals surface area contributed by atoms with Gasteiger partial charge in [-0.3, -0.25) is 4.98 Å². The Bertz CT molecular complexity index is 534. The topological polar surface area (TPSA) is 17.8 Å². The van der Waals surface area contributed by atoms with Crippen molar-refractivity contribution in [2.45, 2.75) is 6.43 Å². The number of rotatable bonds is 2. The number of halogens is 2. The van der Waals surface area contributed by atoms with Crippen LogP contribution in [0.5, 0.6) is 0 Å². The first-order valence-corrected chi connectivity index (χ1v) is 5.01. The van der Waals surface area contributed by atoms with Crippen molar-refractivity contribution in [1.82, 2.24) is 9.55 Å². The molecule has 0 atom stereocenters. The van der Waals surface area contributed by atoms with Gasteiger partial charge in [-0.05, 0) is 24.3 Å². The molecule has 0 amide bonds. The minimum absolute atomic E-state index is 0.230. The van der Waals surface area contributed by atoms with Crippen LogP contribution in [0.3, 0.4) is 0 Å². The first-order chi connectivity index (χ1) is 7.68. The van der Waals surface area contributed by atoms with Crippen LogP contribution in [0.1, 0.15) is 12.1 Å². The summed E-state index contributed by atoms with van der Waals surface area (Å²) in [6.07, 6.45) is 0.608. The molecule has 16 heavy (non-hydrogen) atoms. The lowest BCUT2D eigenvalue weighted by Crippen LogP contribution is -1.98. The molecule has 0 saturated carbocycles. The second-order valence-corrected chi connectivity index (χ2v) is 3.57. The molecule has 0 spiro atoms. The van der Waals surface area contributed by atoms with E-state index in [1.54, 1.807) is 22.9 Å². The lowest BCUT2D eigenvalue weighted by molar-refractivity contribution is 0.146. The van der Waals surface area contributed by atoms with Crippen molar-refractivity contribution < 1.29 is 8.78 Å². The minimum Gasteiger partial charge on any atom is -0.307 e. The molecule has 0 radical (unpaired) electrons. The van der Waals surface area contributed by atoms with Crippen LogP contribution in [-0.2, 0) is 0 Å². The summed E-state index contributed by atoms with van der Waals surface area (Å²) in [4.78, 5) is 3.68. The molecule has 0 aromatic carbocycles. The van der Waals surface area contributed by atoms with Gasteiger partial charge in [-0.2, -0.15) is 0 Å². The van der Waals surface area contributed by atoms with Crippen LogP contribution < -0.4 is 0 Å². The molecule has 0 unspecified atom stereocenters. The molecule has 0 aliphatic carbocycles. The highest BCUT2D eigenvalue weighted by Crippen LogP contribution is 2.17. The highest BCUT2D eigenvalue weighted by molar-refractivity contribution is 7.71. The summed E-state index contributed by atoms with van der Waals surface area (Å²) in [6.45, 7) is 0. The van der Waals surface area contributed by atoms with Crippen molar-refractivity contribution in [3.8, 4) is 5.69 Å². The van der Waals surface area contributed by atoms with Gasteiger partial charge in [-0.1, -0.05) is 18.3 Å². The van der Waals surface area contributed by atoms with Crippen LogP contribution in [0.25, 0.3) is 5.69 Å². The van der Waals surface area contributed by atoms with Gasteiger partial charge in [0.1, 0.15) is 10.3 Å². The van der Waals surface area contributed by atoms with Gasteiger partial charge in [0.05, 0.1) is 11.9 Å². The third-order valence-electron chi connectivity index (χ3n) is 2.09. The van der Waals surface area contributed by atoms with Crippen LogP contribution >= 0.6 is 12.2 Å². The van der Waals surface area contributed by atoms with Gasteiger partial charge in [-0.25, -0.2) is 8.78 Å². The molecule has 0 aliphatic heterocycles. The summed E-state index contributed by atoms with van der Waals surface area (Å²) in [5, 5.41) is 0. The van der Waals surface area contributed by atoms with E-state index in [2.05, 4.69) is 4.98 Å². The number of hydrogen-bond donors (Lipinski definition) is 0. The second kappa shape index (κ2) is 4.49. The van der Waals surface area contributed by atoms with Crippen LogP contribution in [0.4, 0.5) is 8.78 Å². The molecule has 0 saturated heterocycles. The molecule has 0 N–H and O–H groups in total. The standard InChI is InChI=1S/C11H8F2N2S/c12-11(13)9-5-4-8(7-14-9)15-6-2-1-3-10(15)16/h1-7,11H. The van der Waals surface area contributed by atoms with E-state index < -0.39 is 6.43 Å². The van der Waals surface area contributed by atoms with E-state index in [4.69, 9.17) is 12.2 Å². The molecule has 0 aliphatic rings. The maximum Gasteiger partial charge on any atom is 0.280 e. The Balaban J connectivity index is 2.43. The average molecular weight is 238 g/mol. The van der Waals surface area contributed by atoms with E-state index in [1.165, 1.54) is 12.3 Å². The van der Waals surface area contributed by atoms with Gasteiger partial charge >= 0.3 is 0 Å². The van der Waals surface area contributed by atoms with Gasteiger partial charge < -0.3 is 4.57 Å². The molecule has 0 bridgehead atoms. The molecule has 2 nitrogen and oxygen atoms in total. The Morgan fingerprint density at radius 1 is 1.19 bits per heavy atom.